The first-order valence-corrected chi connectivity index (χ1v) is 11.2. The van der Waals surface area contributed by atoms with Crippen LogP contribution in [0.2, 0.25) is 0 Å². The van der Waals surface area contributed by atoms with Gasteiger partial charge in [0.25, 0.3) is 0 Å². The lowest BCUT2D eigenvalue weighted by Crippen LogP contribution is -2.55. The van der Waals surface area contributed by atoms with Crippen LogP contribution in [0.3, 0.4) is 0 Å². The van der Waals surface area contributed by atoms with Crippen molar-refractivity contribution in [2.45, 2.75) is 51.4 Å². The predicted molar refractivity (Wildman–Crippen MR) is 116 cm³/mol. The van der Waals surface area contributed by atoms with Crippen LogP contribution >= 0.6 is 0 Å². The van der Waals surface area contributed by atoms with E-state index in [9.17, 15) is 14.4 Å². The predicted octanol–water partition coefficient (Wildman–Crippen LogP) is 2.20. The SMILES string of the molecule is NC(=O)C1(C(=O)N(CCc2ccccc2)C(=O)NCCC2CCNCC2)CCCC1. The molecule has 4 N–H and O–H groups in total. The van der Waals surface area contributed by atoms with Crippen LogP contribution in [0.4, 0.5) is 4.79 Å². The molecule has 7 heteroatoms. The smallest absolute Gasteiger partial charge is 0.324 e. The summed E-state index contributed by atoms with van der Waals surface area (Å²) in [5.74, 6) is -0.466. The molecule has 2 fully saturated rings. The number of hydrogen-bond donors (Lipinski definition) is 3. The van der Waals surface area contributed by atoms with Crippen molar-refractivity contribution < 1.29 is 14.4 Å². The van der Waals surface area contributed by atoms with Gasteiger partial charge in [0.05, 0.1) is 0 Å². The Morgan fingerprint density at radius 3 is 2.40 bits per heavy atom. The van der Waals surface area contributed by atoms with E-state index in [0.29, 0.717) is 31.7 Å². The molecule has 3 rings (SSSR count). The van der Waals surface area contributed by atoms with Crippen molar-refractivity contribution in [3.63, 3.8) is 0 Å². The number of amides is 4. The maximum Gasteiger partial charge on any atom is 0.324 e. The van der Waals surface area contributed by atoms with E-state index in [4.69, 9.17) is 5.73 Å². The fraction of sp³-hybridized carbons (Fsp3) is 0.609. The number of urea groups is 1. The van der Waals surface area contributed by atoms with Crippen LogP contribution in [0.5, 0.6) is 0 Å². The topological polar surface area (TPSA) is 105 Å². The minimum Gasteiger partial charge on any atom is -0.369 e. The Balaban J connectivity index is 1.66. The maximum absolute atomic E-state index is 13.4. The highest BCUT2D eigenvalue weighted by Gasteiger charge is 2.49. The van der Waals surface area contributed by atoms with Crippen LogP contribution in [0.1, 0.15) is 50.5 Å². The van der Waals surface area contributed by atoms with E-state index in [1.165, 1.54) is 4.90 Å². The van der Waals surface area contributed by atoms with Gasteiger partial charge in [-0.05, 0) is 63.1 Å². The minimum absolute atomic E-state index is 0.233. The lowest BCUT2D eigenvalue weighted by molar-refractivity contribution is -0.146. The molecular weight excluding hydrogens is 380 g/mol. The average molecular weight is 415 g/mol. The summed E-state index contributed by atoms with van der Waals surface area (Å²) in [6.45, 7) is 2.79. The number of imide groups is 1. The van der Waals surface area contributed by atoms with Crippen LogP contribution in [0.15, 0.2) is 30.3 Å². The number of primary amides is 1. The molecule has 1 aromatic rings. The third-order valence-electron chi connectivity index (χ3n) is 6.58. The first kappa shape index (κ1) is 22.3. The summed E-state index contributed by atoms with van der Waals surface area (Å²) in [5.41, 5.74) is 5.44. The van der Waals surface area contributed by atoms with Crippen LogP contribution in [0, 0.1) is 11.3 Å². The summed E-state index contributed by atoms with van der Waals surface area (Å²) >= 11 is 0. The van der Waals surface area contributed by atoms with Gasteiger partial charge in [0.1, 0.15) is 5.41 Å². The Morgan fingerprint density at radius 1 is 1.10 bits per heavy atom. The fourth-order valence-corrected chi connectivity index (χ4v) is 4.63. The van der Waals surface area contributed by atoms with Gasteiger partial charge in [-0.3, -0.25) is 14.5 Å². The second-order valence-electron chi connectivity index (χ2n) is 8.56. The second kappa shape index (κ2) is 10.6. The van der Waals surface area contributed by atoms with Crippen LogP contribution in [-0.2, 0) is 16.0 Å². The molecular formula is C23H34N4O3. The van der Waals surface area contributed by atoms with Crippen molar-refractivity contribution in [1.82, 2.24) is 15.5 Å². The van der Waals surface area contributed by atoms with Gasteiger partial charge in [-0.2, -0.15) is 0 Å². The molecule has 7 nitrogen and oxygen atoms in total. The highest BCUT2D eigenvalue weighted by molar-refractivity contribution is 6.09. The molecule has 2 aliphatic rings. The number of nitrogens with one attached hydrogen (secondary N) is 2. The molecule has 0 bridgehead atoms. The van der Waals surface area contributed by atoms with Crippen molar-refractivity contribution >= 4 is 17.8 Å². The van der Waals surface area contributed by atoms with Crippen molar-refractivity contribution in [2.75, 3.05) is 26.2 Å². The van der Waals surface area contributed by atoms with E-state index in [2.05, 4.69) is 10.6 Å². The summed E-state index contributed by atoms with van der Waals surface area (Å²) in [7, 11) is 0. The van der Waals surface area contributed by atoms with E-state index < -0.39 is 23.3 Å². The van der Waals surface area contributed by atoms with E-state index in [1.807, 2.05) is 30.3 Å². The summed E-state index contributed by atoms with van der Waals surface area (Å²) in [6.07, 6.45) is 6.06. The lowest BCUT2D eigenvalue weighted by Gasteiger charge is -2.31. The van der Waals surface area contributed by atoms with Crippen LogP contribution in [-0.4, -0.2) is 48.9 Å². The molecule has 0 aromatic heterocycles. The van der Waals surface area contributed by atoms with Crippen molar-refractivity contribution in [3.05, 3.63) is 35.9 Å². The Morgan fingerprint density at radius 2 is 1.77 bits per heavy atom. The van der Waals surface area contributed by atoms with Crippen molar-refractivity contribution in [1.29, 1.82) is 0 Å². The molecule has 4 amide bonds. The number of hydrogen-bond acceptors (Lipinski definition) is 4. The van der Waals surface area contributed by atoms with Gasteiger partial charge in [0.2, 0.25) is 11.8 Å². The molecule has 0 spiro atoms. The van der Waals surface area contributed by atoms with Gasteiger partial charge >= 0.3 is 6.03 Å². The average Bonchev–Trinajstić information content (AvgIpc) is 3.27. The first-order valence-electron chi connectivity index (χ1n) is 11.2. The zero-order valence-corrected chi connectivity index (χ0v) is 17.7. The number of carbonyl (C=O) groups is 3. The van der Waals surface area contributed by atoms with E-state index in [1.54, 1.807) is 0 Å². The summed E-state index contributed by atoms with van der Waals surface area (Å²) < 4.78 is 0. The fourth-order valence-electron chi connectivity index (χ4n) is 4.63. The summed E-state index contributed by atoms with van der Waals surface area (Å²) in [5, 5.41) is 6.26. The molecule has 0 radical (unpaired) electrons. The number of piperidine rings is 1. The third kappa shape index (κ3) is 5.39. The van der Waals surface area contributed by atoms with E-state index in [0.717, 1.165) is 50.8 Å². The Labute approximate surface area is 178 Å². The van der Waals surface area contributed by atoms with Crippen molar-refractivity contribution in [2.24, 2.45) is 17.1 Å². The van der Waals surface area contributed by atoms with Gasteiger partial charge in [-0.25, -0.2) is 4.79 Å². The van der Waals surface area contributed by atoms with Crippen LogP contribution in [0.25, 0.3) is 0 Å². The molecule has 1 saturated carbocycles. The molecule has 0 atom stereocenters. The third-order valence-corrected chi connectivity index (χ3v) is 6.58. The largest absolute Gasteiger partial charge is 0.369 e. The Kier molecular flexibility index (Phi) is 7.85. The Bertz CT molecular complexity index is 725. The van der Waals surface area contributed by atoms with E-state index >= 15 is 0 Å². The zero-order chi connectivity index (χ0) is 21.4. The highest BCUT2D eigenvalue weighted by Crippen LogP contribution is 2.39. The van der Waals surface area contributed by atoms with Gasteiger partial charge in [-0.1, -0.05) is 43.2 Å². The summed E-state index contributed by atoms with van der Waals surface area (Å²) in [4.78, 5) is 39.8. The quantitative estimate of drug-likeness (QED) is 0.567. The normalized spacial score (nSPS) is 18.7. The zero-order valence-electron chi connectivity index (χ0n) is 17.7. The molecule has 164 valence electrons. The number of nitrogens with zero attached hydrogens (tertiary/aromatic N) is 1. The van der Waals surface area contributed by atoms with Gasteiger partial charge in [0.15, 0.2) is 0 Å². The Hall–Kier alpha value is -2.41. The van der Waals surface area contributed by atoms with Gasteiger partial charge in [-0.15, -0.1) is 0 Å². The molecule has 0 unspecified atom stereocenters. The molecule has 1 aromatic carbocycles. The molecule has 30 heavy (non-hydrogen) atoms. The minimum atomic E-state index is -1.25. The maximum atomic E-state index is 13.4. The number of carbonyl (C=O) groups excluding carboxylic acids is 3. The molecule has 1 heterocycles. The standard InChI is InChI=1S/C23H34N4O3/c24-20(28)23(12-4-5-13-23)21(29)27(17-11-18-6-2-1-3-7-18)22(30)26-16-10-19-8-14-25-15-9-19/h1-3,6-7,19,25H,4-5,8-17H2,(H2,24,28)(H,26,30). The number of benzene rings is 1. The monoisotopic (exact) mass is 414 g/mol. The van der Waals surface area contributed by atoms with Crippen molar-refractivity contribution in [3.8, 4) is 0 Å². The molecule has 1 saturated heterocycles. The summed E-state index contributed by atoms with van der Waals surface area (Å²) in [6, 6.07) is 9.32. The first-order chi connectivity index (χ1) is 14.5. The molecule has 1 aliphatic carbocycles. The van der Waals surface area contributed by atoms with Gasteiger partial charge in [0, 0.05) is 13.1 Å². The second-order valence-corrected chi connectivity index (χ2v) is 8.56. The molecule has 1 aliphatic heterocycles. The van der Waals surface area contributed by atoms with Gasteiger partial charge < -0.3 is 16.4 Å². The van der Waals surface area contributed by atoms with Crippen LogP contribution < -0.4 is 16.4 Å². The number of rotatable bonds is 8. The van der Waals surface area contributed by atoms with E-state index in [-0.39, 0.29) is 6.54 Å². The number of nitrogens with two attached hydrogens (primary N) is 1. The highest BCUT2D eigenvalue weighted by atomic mass is 16.2. The lowest BCUT2D eigenvalue weighted by atomic mass is 9.83.